The summed E-state index contributed by atoms with van der Waals surface area (Å²) in [6.07, 6.45) is 6.71. The van der Waals surface area contributed by atoms with E-state index in [1.807, 2.05) is 0 Å². The topological polar surface area (TPSA) is 55.1 Å². The molecule has 1 amide bonds. The molecule has 1 aliphatic carbocycles. The molecule has 1 unspecified atom stereocenters. The van der Waals surface area contributed by atoms with Crippen LogP contribution in [0.25, 0.3) is 0 Å². The molecule has 0 heterocycles. The Bertz CT molecular complexity index is 217. The molecule has 1 rings (SSSR count). The van der Waals surface area contributed by atoms with Crippen molar-refractivity contribution >= 4 is 18.3 Å². The first-order valence-corrected chi connectivity index (χ1v) is 6.61. The van der Waals surface area contributed by atoms with E-state index >= 15 is 0 Å². The normalized spacial score (nSPS) is 17.2. The largest absolute Gasteiger partial charge is 0.352 e. The minimum absolute atomic E-state index is 0. The Labute approximate surface area is 111 Å². The summed E-state index contributed by atoms with van der Waals surface area (Å²) < 4.78 is 0. The third-order valence-electron chi connectivity index (χ3n) is 3.41. The van der Waals surface area contributed by atoms with Gasteiger partial charge in [0.1, 0.15) is 0 Å². The second-order valence-electron chi connectivity index (χ2n) is 5.47. The van der Waals surface area contributed by atoms with Gasteiger partial charge in [-0.25, -0.2) is 0 Å². The van der Waals surface area contributed by atoms with Crippen molar-refractivity contribution in [3.05, 3.63) is 0 Å². The first kappa shape index (κ1) is 16.7. The summed E-state index contributed by atoms with van der Waals surface area (Å²) in [5.74, 6) is 1.58. The zero-order valence-electron chi connectivity index (χ0n) is 11.1. The van der Waals surface area contributed by atoms with Crippen LogP contribution in [-0.2, 0) is 4.79 Å². The summed E-state index contributed by atoms with van der Waals surface area (Å²) in [7, 11) is 0. The van der Waals surface area contributed by atoms with Crippen LogP contribution in [0.2, 0.25) is 0 Å². The third kappa shape index (κ3) is 6.89. The number of rotatable bonds is 7. The lowest BCUT2D eigenvalue weighted by molar-refractivity contribution is -0.122. The lowest BCUT2D eigenvalue weighted by Crippen LogP contribution is -2.41. The van der Waals surface area contributed by atoms with Gasteiger partial charge in [-0.15, -0.1) is 12.4 Å². The predicted molar refractivity (Wildman–Crippen MR) is 74.3 cm³/mol. The standard InChI is InChI=1S/C13H26N2O.ClH/c1-10(2)8-12(9-14)15-13(16)7-6-11-4-3-5-11;/h10-12H,3-9,14H2,1-2H3,(H,15,16);1H. The van der Waals surface area contributed by atoms with E-state index in [0.29, 0.717) is 18.9 Å². The molecule has 17 heavy (non-hydrogen) atoms. The first-order valence-electron chi connectivity index (χ1n) is 6.61. The van der Waals surface area contributed by atoms with Gasteiger partial charge in [-0.2, -0.15) is 0 Å². The van der Waals surface area contributed by atoms with Gasteiger partial charge in [0.2, 0.25) is 5.91 Å². The monoisotopic (exact) mass is 262 g/mol. The predicted octanol–water partition coefficient (Wildman–Crippen LogP) is 2.48. The van der Waals surface area contributed by atoms with E-state index in [0.717, 1.165) is 18.8 Å². The van der Waals surface area contributed by atoms with E-state index < -0.39 is 0 Å². The van der Waals surface area contributed by atoms with Crippen molar-refractivity contribution in [3.8, 4) is 0 Å². The molecule has 0 bridgehead atoms. The van der Waals surface area contributed by atoms with Crippen molar-refractivity contribution in [3.63, 3.8) is 0 Å². The minimum Gasteiger partial charge on any atom is -0.352 e. The fourth-order valence-electron chi connectivity index (χ4n) is 2.20. The highest BCUT2D eigenvalue weighted by Crippen LogP contribution is 2.30. The number of amides is 1. The van der Waals surface area contributed by atoms with Crippen molar-refractivity contribution in [2.24, 2.45) is 17.6 Å². The zero-order chi connectivity index (χ0) is 12.0. The zero-order valence-corrected chi connectivity index (χ0v) is 11.9. The summed E-state index contributed by atoms with van der Waals surface area (Å²) in [6.45, 7) is 4.86. The molecular formula is C13H27ClN2O. The number of carbonyl (C=O) groups excluding carboxylic acids is 1. The van der Waals surface area contributed by atoms with Gasteiger partial charge in [0.05, 0.1) is 0 Å². The molecular weight excluding hydrogens is 236 g/mol. The van der Waals surface area contributed by atoms with Gasteiger partial charge < -0.3 is 11.1 Å². The molecule has 0 radical (unpaired) electrons. The number of nitrogens with two attached hydrogens (primary N) is 1. The Balaban J connectivity index is 0.00000256. The molecule has 0 spiro atoms. The number of halogens is 1. The van der Waals surface area contributed by atoms with Gasteiger partial charge in [-0.3, -0.25) is 4.79 Å². The second-order valence-corrected chi connectivity index (χ2v) is 5.47. The van der Waals surface area contributed by atoms with E-state index in [1.54, 1.807) is 0 Å². The average Bonchev–Trinajstić information content (AvgIpc) is 2.13. The number of hydrogen-bond donors (Lipinski definition) is 2. The smallest absolute Gasteiger partial charge is 0.220 e. The van der Waals surface area contributed by atoms with Gasteiger partial charge in [0, 0.05) is 19.0 Å². The molecule has 0 aromatic carbocycles. The van der Waals surface area contributed by atoms with Crippen LogP contribution in [-0.4, -0.2) is 18.5 Å². The molecule has 0 aliphatic heterocycles. The third-order valence-corrected chi connectivity index (χ3v) is 3.41. The Hall–Kier alpha value is -0.280. The molecule has 1 saturated carbocycles. The van der Waals surface area contributed by atoms with Gasteiger partial charge in [0.25, 0.3) is 0 Å². The summed E-state index contributed by atoms with van der Waals surface area (Å²) in [5.41, 5.74) is 5.65. The maximum Gasteiger partial charge on any atom is 0.220 e. The van der Waals surface area contributed by atoms with Crippen LogP contribution in [0.3, 0.4) is 0 Å². The van der Waals surface area contributed by atoms with Gasteiger partial charge in [-0.1, -0.05) is 33.1 Å². The molecule has 1 fully saturated rings. The number of hydrogen-bond acceptors (Lipinski definition) is 2. The molecule has 3 nitrogen and oxygen atoms in total. The Morgan fingerprint density at radius 2 is 2.06 bits per heavy atom. The molecule has 0 aromatic rings. The van der Waals surface area contributed by atoms with Crippen molar-refractivity contribution in [1.29, 1.82) is 0 Å². The molecule has 4 heteroatoms. The molecule has 102 valence electrons. The second kappa shape index (κ2) is 8.76. The van der Waals surface area contributed by atoms with Crippen molar-refractivity contribution in [1.82, 2.24) is 5.32 Å². The summed E-state index contributed by atoms with van der Waals surface area (Å²) in [5, 5.41) is 3.04. The van der Waals surface area contributed by atoms with E-state index in [2.05, 4.69) is 19.2 Å². The van der Waals surface area contributed by atoms with Gasteiger partial charge in [-0.05, 0) is 24.7 Å². The molecule has 0 aromatic heterocycles. The van der Waals surface area contributed by atoms with Crippen LogP contribution in [0.1, 0.15) is 52.4 Å². The molecule has 1 aliphatic rings. The number of nitrogens with one attached hydrogen (secondary N) is 1. The summed E-state index contributed by atoms with van der Waals surface area (Å²) in [4.78, 5) is 11.7. The maximum absolute atomic E-state index is 11.7. The van der Waals surface area contributed by atoms with Crippen molar-refractivity contribution in [2.75, 3.05) is 6.54 Å². The number of carbonyl (C=O) groups is 1. The molecule has 1 atom stereocenters. The average molecular weight is 263 g/mol. The van der Waals surface area contributed by atoms with Crippen LogP contribution < -0.4 is 11.1 Å². The fourth-order valence-corrected chi connectivity index (χ4v) is 2.20. The van der Waals surface area contributed by atoms with Crippen LogP contribution in [0.15, 0.2) is 0 Å². The van der Waals surface area contributed by atoms with Gasteiger partial charge in [0.15, 0.2) is 0 Å². The lowest BCUT2D eigenvalue weighted by Gasteiger charge is -2.25. The Morgan fingerprint density at radius 3 is 2.47 bits per heavy atom. The van der Waals surface area contributed by atoms with Crippen LogP contribution >= 0.6 is 12.4 Å². The van der Waals surface area contributed by atoms with Crippen LogP contribution in [0.5, 0.6) is 0 Å². The SMILES string of the molecule is CC(C)CC(CN)NC(=O)CCC1CCC1.Cl. The van der Waals surface area contributed by atoms with E-state index in [4.69, 9.17) is 5.73 Å². The van der Waals surface area contributed by atoms with Crippen molar-refractivity contribution in [2.45, 2.75) is 58.4 Å². The van der Waals surface area contributed by atoms with Crippen LogP contribution in [0, 0.1) is 11.8 Å². The molecule has 3 N–H and O–H groups in total. The fraction of sp³-hybridized carbons (Fsp3) is 0.923. The lowest BCUT2D eigenvalue weighted by atomic mass is 9.82. The van der Waals surface area contributed by atoms with E-state index in [1.165, 1.54) is 19.3 Å². The highest BCUT2D eigenvalue weighted by molar-refractivity contribution is 5.85. The molecule has 0 saturated heterocycles. The summed E-state index contributed by atoms with van der Waals surface area (Å²) in [6, 6.07) is 0.161. The summed E-state index contributed by atoms with van der Waals surface area (Å²) >= 11 is 0. The van der Waals surface area contributed by atoms with Crippen LogP contribution in [0.4, 0.5) is 0 Å². The van der Waals surface area contributed by atoms with E-state index in [9.17, 15) is 4.79 Å². The van der Waals surface area contributed by atoms with Crippen molar-refractivity contribution < 1.29 is 4.79 Å². The minimum atomic E-state index is 0. The van der Waals surface area contributed by atoms with Gasteiger partial charge >= 0.3 is 0 Å². The Kier molecular flexibility index (Phi) is 8.61. The van der Waals surface area contributed by atoms with E-state index in [-0.39, 0.29) is 24.4 Å². The first-order chi connectivity index (χ1) is 7.61. The maximum atomic E-state index is 11.7. The Morgan fingerprint density at radius 1 is 1.41 bits per heavy atom. The highest BCUT2D eigenvalue weighted by Gasteiger charge is 2.19. The highest BCUT2D eigenvalue weighted by atomic mass is 35.5. The quantitative estimate of drug-likeness (QED) is 0.741.